The van der Waals surface area contributed by atoms with Gasteiger partial charge in [0, 0.05) is 19.6 Å². The Labute approximate surface area is 143 Å². The third-order valence-corrected chi connectivity index (χ3v) is 4.43. The van der Waals surface area contributed by atoms with Crippen molar-refractivity contribution in [1.82, 2.24) is 4.90 Å². The van der Waals surface area contributed by atoms with E-state index in [4.69, 9.17) is 4.74 Å². The van der Waals surface area contributed by atoms with E-state index in [1.165, 1.54) is 5.56 Å². The van der Waals surface area contributed by atoms with Gasteiger partial charge in [-0.25, -0.2) is 0 Å². The maximum atomic E-state index is 10.1. The van der Waals surface area contributed by atoms with Gasteiger partial charge in [0.05, 0.1) is 6.10 Å². The summed E-state index contributed by atoms with van der Waals surface area (Å²) in [6.45, 7) is 2.55. The Bertz CT molecular complexity index is 607. The predicted molar refractivity (Wildman–Crippen MR) is 95.1 cm³/mol. The van der Waals surface area contributed by atoms with Crippen LogP contribution >= 0.6 is 0 Å². The molecule has 0 amide bonds. The van der Waals surface area contributed by atoms with Crippen molar-refractivity contribution in [2.75, 3.05) is 26.2 Å². The highest BCUT2D eigenvalue weighted by atomic mass is 16.5. The second-order valence-corrected chi connectivity index (χ2v) is 6.39. The van der Waals surface area contributed by atoms with Crippen LogP contribution in [0.15, 0.2) is 54.6 Å². The minimum absolute atomic E-state index is 0.183. The number of ether oxygens (including phenoxy) is 1. The van der Waals surface area contributed by atoms with E-state index in [1.807, 2.05) is 42.5 Å². The molecule has 2 N–H and O–H groups in total. The zero-order valence-electron chi connectivity index (χ0n) is 13.8. The summed E-state index contributed by atoms with van der Waals surface area (Å²) in [6.07, 6.45) is 0.870. The van der Waals surface area contributed by atoms with Crippen LogP contribution in [-0.4, -0.2) is 53.6 Å². The molecule has 1 saturated heterocycles. The molecule has 1 atom stereocenters. The third-order valence-electron chi connectivity index (χ3n) is 4.43. The fourth-order valence-electron chi connectivity index (χ4n) is 3.02. The van der Waals surface area contributed by atoms with Gasteiger partial charge in [-0.3, -0.25) is 0 Å². The zero-order valence-corrected chi connectivity index (χ0v) is 13.8. The first-order valence-electron chi connectivity index (χ1n) is 8.57. The van der Waals surface area contributed by atoms with E-state index in [2.05, 4.69) is 17.0 Å². The molecule has 0 saturated carbocycles. The molecular formula is C20H25NO3. The number of nitrogens with zero attached hydrogens (tertiary/aromatic N) is 1. The molecule has 0 spiro atoms. The van der Waals surface area contributed by atoms with Crippen LogP contribution in [0.5, 0.6) is 5.75 Å². The van der Waals surface area contributed by atoms with Crippen molar-refractivity contribution in [2.24, 2.45) is 0 Å². The quantitative estimate of drug-likeness (QED) is 0.856. The molecule has 2 aromatic carbocycles. The molecule has 0 aromatic heterocycles. The molecule has 0 radical (unpaired) electrons. The Balaban J connectivity index is 1.46. The molecule has 128 valence electrons. The van der Waals surface area contributed by atoms with Gasteiger partial charge >= 0.3 is 0 Å². The Morgan fingerprint density at radius 3 is 2.25 bits per heavy atom. The van der Waals surface area contributed by atoms with Crippen LogP contribution < -0.4 is 4.74 Å². The number of aliphatic hydroxyl groups is 2. The summed E-state index contributed by atoms with van der Waals surface area (Å²) in [5.74, 6) is 0.766. The smallest absolute Gasteiger partial charge is 0.119 e. The lowest BCUT2D eigenvalue weighted by Gasteiger charge is -2.30. The number of likely N-dealkylation sites (tertiary alicyclic amines) is 1. The summed E-state index contributed by atoms with van der Waals surface area (Å²) in [5.41, 5.74) is 2.33. The van der Waals surface area contributed by atoms with Gasteiger partial charge in [0.1, 0.15) is 18.5 Å². The highest BCUT2D eigenvalue weighted by Crippen LogP contribution is 2.22. The average molecular weight is 327 g/mol. The number of β-amino-alcohol motifs (C(OH)–C–C–N with tert-alkyl or cyclic N) is 1. The van der Waals surface area contributed by atoms with Crippen LogP contribution in [0.2, 0.25) is 0 Å². The van der Waals surface area contributed by atoms with Gasteiger partial charge in [0.2, 0.25) is 0 Å². The van der Waals surface area contributed by atoms with Gasteiger partial charge in [-0.1, -0.05) is 42.5 Å². The van der Waals surface area contributed by atoms with Gasteiger partial charge in [0.25, 0.3) is 0 Å². The molecule has 0 aliphatic carbocycles. The van der Waals surface area contributed by atoms with Crippen LogP contribution in [0.4, 0.5) is 0 Å². The summed E-state index contributed by atoms with van der Waals surface area (Å²) in [5, 5.41) is 19.6. The Morgan fingerprint density at radius 2 is 1.58 bits per heavy atom. The largest absolute Gasteiger partial charge is 0.491 e. The lowest BCUT2D eigenvalue weighted by molar-refractivity contribution is 0.0338. The summed E-state index contributed by atoms with van der Waals surface area (Å²) < 4.78 is 5.70. The van der Waals surface area contributed by atoms with Gasteiger partial charge in [-0.2, -0.15) is 0 Å². The van der Waals surface area contributed by atoms with Crippen LogP contribution in [0.25, 0.3) is 11.1 Å². The average Bonchev–Trinajstić information content (AvgIpc) is 2.63. The molecule has 1 heterocycles. The van der Waals surface area contributed by atoms with Crippen LogP contribution in [0.1, 0.15) is 12.8 Å². The van der Waals surface area contributed by atoms with E-state index in [0.29, 0.717) is 6.54 Å². The Morgan fingerprint density at radius 1 is 0.958 bits per heavy atom. The van der Waals surface area contributed by atoms with Crippen molar-refractivity contribution in [3.63, 3.8) is 0 Å². The van der Waals surface area contributed by atoms with E-state index in [0.717, 1.165) is 37.2 Å². The van der Waals surface area contributed by atoms with Crippen molar-refractivity contribution in [3.05, 3.63) is 54.6 Å². The Kier molecular flexibility index (Phi) is 5.86. The summed E-state index contributed by atoms with van der Waals surface area (Å²) in [4.78, 5) is 2.18. The van der Waals surface area contributed by atoms with Crippen LogP contribution in [0.3, 0.4) is 0 Å². The SMILES string of the molecule is OC1CCN(C[C@H](O)COc2ccc(-c3ccccc3)cc2)CC1. The summed E-state index contributed by atoms with van der Waals surface area (Å²) in [7, 11) is 0. The first-order valence-corrected chi connectivity index (χ1v) is 8.57. The molecule has 4 heteroatoms. The number of piperidine rings is 1. The van der Waals surface area contributed by atoms with Gasteiger partial charge in [-0.05, 0) is 36.1 Å². The minimum atomic E-state index is -0.519. The molecule has 1 fully saturated rings. The second-order valence-electron chi connectivity index (χ2n) is 6.39. The second kappa shape index (κ2) is 8.29. The van der Waals surface area contributed by atoms with Crippen LogP contribution in [-0.2, 0) is 0 Å². The number of hydrogen-bond acceptors (Lipinski definition) is 4. The van der Waals surface area contributed by atoms with E-state index in [-0.39, 0.29) is 12.7 Å². The fraction of sp³-hybridized carbons (Fsp3) is 0.400. The first-order chi connectivity index (χ1) is 11.7. The van der Waals surface area contributed by atoms with Gasteiger partial charge in [-0.15, -0.1) is 0 Å². The van der Waals surface area contributed by atoms with E-state index >= 15 is 0 Å². The Hall–Kier alpha value is -1.88. The fourth-order valence-corrected chi connectivity index (χ4v) is 3.02. The summed E-state index contributed by atoms with van der Waals surface area (Å²) >= 11 is 0. The molecule has 2 aromatic rings. The normalized spacial score (nSPS) is 17.6. The highest BCUT2D eigenvalue weighted by molar-refractivity contribution is 5.63. The third kappa shape index (κ3) is 4.81. The van der Waals surface area contributed by atoms with Gasteiger partial charge in [0.15, 0.2) is 0 Å². The molecule has 1 aliphatic heterocycles. The highest BCUT2D eigenvalue weighted by Gasteiger charge is 2.19. The molecule has 1 aliphatic rings. The van der Waals surface area contributed by atoms with Crippen LogP contribution in [0, 0.1) is 0 Å². The maximum Gasteiger partial charge on any atom is 0.119 e. The number of rotatable bonds is 6. The predicted octanol–water partition coefficient (Wildman–Crippen LogP) is 2.55. The minimum Gasteiger partial charge on any atom is -0.491 e. The van der Waals surface area contributed by atoms with Crippen molar-refractivity contribution in [1.29, 1.82) is 0 Å². The number of aliphatic hydroxyl groups excluding tert-OH is 2. The molecule has 3 rings (SSSR count). The summed E-state index contributed by atoms with van der Waals surface area (Å²) in [6, 6.07) is 18.1. The van der Waals surface area contributed by atoms with E-state index in [1.54, 1.807) is 0 Å². The van der Waals surface area contributed by atoms with Crippen molar-refractivity contribution in [2.45, 2.75) is 25.0 Å². The molecule has 4 nitrogen and oxygen atoms in total. The number of benzene rings is 2. The van der Waals surface area contributed by atoms with E-state index < -0.39 is 6.10 Å². The first kappa shape index (κ1) is 17.0. The van der Waals surface area contributed by atoms with Gasteiger partial charge < -0.3 is 19.8 Å². The molecule has 0 bridgehead atoms. The van der Waals surface area contributed by atoms with Crippen molar-refractivity contribution in [3.8, 4) is 16.9 Å². The lowest BCUT2D eigenvalue weighted by atomic mass is 10.1. The van der Waals surface area contributed by atoms with Crippen molar-refractivity contribution < 1.29 is 14.9 Å². The number of hydrogen-bond donors (Lipinski definition) is 2. The standard InChI is InChI=1S/C20H25NO3/c22-18-10-12-21(13-11-18)14-19(23)15-24-20-8-6-17(7-9-20)16-4-2-1-3-5-16/h1-9,18-19,22-23H,10-15H2/t19-/m0/s1. The van der Waals surface area contributed by atoms with E-state index in [9.17, 15) is 10.2 Å². The maximum absolute atomic E-state index is 10.1. The molecule has 0 unspecified atom stereocenters. The zero-order chi connectivity index (χ0) is 16.8. The lowest BCUT2D eigenvalue weighted by Crippen LogP contribution is -2.41. The topological polar surface area (TPSA) is 52.9 Å². The van der Waals surface area contributed by atoms with Crippen molar-refractivity contribution >= 4 is 0 Å². The monoisotopic (exact) mass is 327 g/mol. The molecular weight excluding hydrogens is 302 g/mol. The molecule has 24 heavy (non-hydrogen) atoms.